The first-order chi connectivity index (χ1) is 9.61. The summed E-state index contributed by atoms with van der Waals surface area (Å²) in [4.78, 5) is 13.2. The van der Waals surface area contributed by atoms with Gasteiger partial charge in [0, 0.05) is 24.5 Å². The summed E-state index contributed by atoms with van der Waals surface area (Å²) in [6, 6.07) is 5.09. The van der Waals surface area contributed by atoms with Crippen molar-refractivity contribution in [2.24, 2.45) is 0 Å². The Kier molecular flexibility index (Phi) is 4.81. The number of nitrogens with zero attached hydrogens (tertiary/aromatic N) is 1. The van der Waals surface area contributed by atoms with E-state index in [0.717, 1.165) is 31.6 Å². The first-order valence-electron chi connectivity index (χ1n) is 6.72. The zero-order chi connectivity index (χ0) is 14.5. The number of benzene rings is 1. The van der Waals surface area contributed by atoms with Gasteiger partial charge in [0.25, 0.3) is 0 Å². The number of anilines is 2. The fourth-order valence-electron chi connectivity index (χ4n) is 2.43. The predicted molar refractivity (Wildman–Crippen MR) is 76.1 cm³/mol. The van der Waals surface area contributed by atoms with Gasteiger partial charge >= 0.3 is 5.97 Å². The zero-order valence-corrected chi connectivity index (χ0v) is 11.3. The minimum atomic E-state index is -1.01. The van der Waals surface area contributed by atoms with Crippen molar-refractivity contribution in [3.8, 4) is 0 Å². The van der Waals surface area contributed by atoms with Crippen molar-refractivity contribution in [2.45, 2.75) is 18.9 Å². The predicted octanol–water partition coefficient (Wildman–Crippen LogP) is 0.945. The number of aromatic carboxylic acids is 1. The molecule has 4 N–H and O–H groups in total. The van der Waals surface area contributed by atoms with Gasteiger partial charge in [0.05, 0.1) is 24.9 Å². The van der Waals surface area contributed by atoms with E-state index in [1.54, 1.807) is 12.1 Å². The molecule has 1 fully saturated rings. The van der Waals surface area contributed by atoms with E-state index in [1.807, 2.05) is 6.07 Å². The highest BCUT2D eigenvalue weighted by Gasteiger charge is 2.21. The number of piperidine rings is 1. The van der Waals surface area contributed by atoms with Gasteiger partial charge in [-0.15, -0.1) is 0 Å². The van der Waals surface area contributed by atoms with E-state index in [4.69, 9.17) is 20.7 Å². The van der Waals surface area contributed by atoms with E-state index in [2.05, 4.69) is 4.90 Å². The van der Waals surface area contributed by atoms with E-state index < -0.39 is 5.97 Å². The summed E-state index contributed by atoms with van der Waals surface area (Å²) in [6.45, 7) is 2.02. The van der Waals surface area contributed by atoms with Crippen LogP contribution in [0.5, 0.6) is 0 Å². The molecule has 0 aliphatic carbocycles. The van der Waals surface area contributed by atoms with Crippen molar-refractivity contribution < 1.29 is 19.7 Å². The Morgan fingerprint density at radius 3 is 2.70 bits per heavy atom. The maximum absolute atomic E-state index is 11.1. The van der Waals surface area contributed by atoms with Gasteiger partial charge < -0.3 is 25.6 Å². The summed E-state index contributed by atoms with van der Waals surface area (Å²) in [6.07, 6.45) is 1.91. The van der Waals surface area contributed by atoms with Crippen molar-refractivity contribution in [3.63, 3.8) is 0 Å². The molecule has 0 atom stereocenters. The van der Waals surface area contributed by atoms with Crippen molar-refractivity contribution >= 4 is 17.3 Å². The lowest BCUT2D eigenvalue weighted by Gasteiger charge is -2.33. The normalized spacial score (nSPS) is 16.4. The highest BCUT2D eigenvalue weighted by molar-refractivity contribution is 5.94. The van der Waals surface area contributed by atoms with Crippen LogP contribution in [0.3, 0.4) is 0 Å². The largest absolute Gasteiger partial charge is 0.478 e. The van der Waals surface area contributed by atoms with Crippen LogP contribution in [0.1, 0.15) is 23.2 Å². The van der Waals surface area contributed by atoms with Gasteiger partial charge in [0.2, 0.25) is 0 Å². The summed E-state index contributed by atoms with van der Waals surface area (Å²) in [5, 5.41) is 17.8. The van der Waals surface area contributed by atoms with Crippen LogP contribution in [-0.4, -0.2) is 48.6 Å². The van der Waals surface area contributed by atoms with Crippen molar-refractivity contribution in [3.05, 3.63) is 23.8 Å². The van der Waals surface area contributed by atoms with E-state index in [-0.39, 0.29) is 24.0 Å². The number of carbonyl (C=O) groups is 1. The van der Waals surface area contributed by atoms with Gasteiger partial charge in [-0.1, -0.05) is 0 Å². The molecule has 0 amide bonds. The molecule has 0 spiro atoms. The van der Waals surface area contributed by atoms with Gasteiger partial charge in [-0.05, 0) is 31.0 Å². The van der Waals surface area contributed by atoms with Crippen LogP contribution in [0.4, 0.5) is 11.4 Å². The van der Waals surface area contributed by atoms with Crippen molar-refractivity contribution in [1.82, 2.24) is 0 Å². The molecule has 1 aliphatic heterocycles. The maximum atomic E-state index is 11.1. The monoisotopic (exact) mass is 280 g/mol. The molecule has 0 saturated carbocycles. The molecule has 20 heavy (non-hydrogen) atoms. The van der Waals surface area contributed by atoms with E-state index >= 15 is 0 Å². The van der Waals surface area contributed by atoms with Crippen LogP contribution in [0.15, 0.2) is 18.2 Å². The Bertz CT molecular complexity index is 470. The number of carboxylic acid groups (broad SMARTS) is 1. The molecule has 6 nitrogen and oxygen atoms in total. The summed E-state index contributed by atoms with van der Waals surface area (Å²) < 4.78 is 5.51. The molecule has 1 saturated heterocycles. The molecule has 1 aromatic carbocycles. The first kappa shape index (κ1) is 14.6. The third-order valence-corrected chi connectivity index (χ3v) is 3.52. The second-order valence-electron chi connectivity index (χ2n) is 4.86. The van der Waals surface area contributed by atoms with E-state index in [1.165, 1.54) is 0 Å². The first-order valence-corrected chi connectivity index (χ1v) is 6.72. The Morgan fingerprint density at radius 1 is 1.40 bits per heavy atom. The van der Waals surface area contributed by atoms with Crippen LogP contribution in [-0.2, 0) is 4.74 Å². The minimum Gasteiger partial charge on any atom is -0.478 e. The van der Waals surface area contributed by atoms with Crippen LogP contribution in [0.25, 0.3) is 0 Å². The van der Waals surface area contributed by atoms with Gasteiger partial charge in [-0.2, -0.15) is 0 Å². The number of rotatable bonds is 5. The summed E-state index contributed by atoms with van der Waals surface area (Å²) in [7, 11) is 0. The number of aliphatic hydroxyl groups excluding tert-OH is 1. The van der Waals surface area contributed by atoms with Crippen LogP contribution < -0.4 is 10.6 Å². The van der Waals surface area contributed by atoms with Gasteiger partial charge in [0.1, 0.15) is 0 Å². The third kappa shape index (κ3) is 3.40. The Morgan fingerprint density at radius 2 is 2.10 bits per heavy atom. The fourth-order valence-corrected chi connectivity index (χ4v) is 2.43. The van der Waals surface area contributed by atoms with Crippen LogP contribution in [0.2, 0.25) is 0 Å². The highest BCUT2D eigenvalue weighted by Crippen LogP contribution is 2.25. The summed E-state index contributed by atoms with van der Waals surface area (Å²) >= 11 is 0. The minimum absolute atomic E-state index is 0.0418. The molecule has 2 rings (SSSR count). The quantitative estimate of drug-likeness (QED) is 0.695. The Labute approximate surface area is 117 Å². The number of nitrogens with two attached hydrogens (primary N) is 1. The van der Waals surface area contributed by atoms with Gasteiger partial charge in [-0.3, -0.25) is 0 Å². The molecule has 6 heteroatoms. The molecule has 1 heterocycles. The SMILES string of the molecule is Nc1ccc(N2CCC(OCCO)CC2)cc1C(=O)O. The van der Waals surface area contributed by atoms with E-state index in [9.17, 15) is 4.79 Å². The lowest BCUT2D eigenvalue weighted by molar-refractivity contribution is 0.0159. The molecular weight excluding hydrogens is 260 g/mol. The van der Waals surface area contributed by atoms with E-state index in [0.29, 0.717) is 6.61 Å². The molecule has 0 radical (unpaired) electrons. The fraction of sp³-hybridized carbons (Fsp3) is 0.500. The number of hydrogen-bond acceptors (Lipinski definition) is 5. The topological polar surface area (TPSA) is 96.0 Å². The lowest BCUT2D eigenvalue weighted by atomic mass is 10.1. The van der Waals surface area contributed by atoms with Gasteiger partial charge in [0.15, 0.2) is 0 Å². The highest BCUT2D eigenvalue weighted by atomic mass is 16.5. The number of nitrogen functional groups attached to an aromatic ring is 1. The second-order valence-corrected chi connectivity index (χ2v) is 4.86. The maximum Gasteiger partial charge on any atom is 0.337 e. The molecule has 0 aromatic heterocycles. The number of hydrogen-bond donors (Lipinski definition) is 3. The van der Waals surface area contributed by atoms with Crippen molar-refractivity contribution in [2.75, 3.05) is 36.9 Å². The Balaban J connectivity index is 2.00. The molecule has 1 aromatic rings. The molecule has 1 aliphatic rings. The average Bonchev–Trinajstić information content (AvgIpc) is 2.46. The van der Waals surface area contributed by atoms with Crippen LogP contribution in [0, 0.1) is 0 Å². The molecule has 110 valence electrons. The summed E-state index contributed by atoms with van der Waals surface area (Å²) in [5.74, 6) is -1.01. The summed E-state index contributed by atoms with van der Waals surface area (Å²) in [5.41, 5.74) is 6.95. The van der Waals surface area contributed by atoms with Crippen LogP contribution >= 0.6 is 0 Å². The number of ether oxygens (including phenoxy) is 1. The number of aliphatic hydroxyl groups is 1. The zero-order valence-electron chi connectivity index (χ0n) is 11.3. The number of carboxylic acids is 1. The standard InChI is InChI=1S/C14H20N2O4/c15-13-2-1-10(9-12(13)14(18)19)16-5-3-11(4-6-16)20-8-7-17/h1-2,9,11,17H,3-8,15H2,(H,18,19). The van der Waals surface area contributed by atoms with Gasteiger partial charge in [-0.25, -0.2) is 4.79 Å². The molecule has 0 unspecified atom stereocenters. The smallest absolute Gasteiger partial charge is 0.337 e. The lowest BCUT2D eigenvalue weighted by Crippen LogP contribution is -2.37. The third-order valence-electron chi connectivity index (χ3n) is 3.52. The Hall–Kier alpha value is -1.79. The molecular formula is C14H20N2O4. The van der Waals surface area contributed by atoms with Crippen molar-refractivity contribution in [1.29, 1.82) is 0 Å². The second kappa shape index (κ2) is 6.58. The molecule has 0 bridgehead atoms. The average molecular weight is 280 g/mol.